The Morgan fingerprint density at radius 1 is 0.882 bits per heavy atom. The lowest BCUT2D eigenvalue weighted by Gasteiger charge is -2.12. The summed E-state index contributed by atoms with van der Waals surface area (Å²) in [5.74, 6) is -1.56. The first-order chi connectivity index (χ1) is 16.3. The van der Waals surface area contributed by atoms with Gasteiger partial charge in [-0.2, -0.15) is 0 Å². The first-order valence-corrected chi connectivity index (χ1v) is 10.1. The molecule has 0 fully saturated rings. The van der Waals surface area contributed by atoms with E-state index >= 15 is 0 Å². The third-order valence-corrected chi connectivity index (χ3v) is 4.80. The van der Waals surface area contributed by atoms with Crippen LogP contribution in [0.2, 0.25) is 0 Å². The van der Waals surface area contributed by atoms with E-state index in [2.05, 4.69) is 20.4 Å². The minimum atomic E-state index is -4.82. The number of amides is 2. The number of ether oxygens (including phenoxy) is 1. The fraction of sp³-hybridized carbons (Fsp3) is 0.0400. The Labute approximate surface area is 192 Å². The van der Waals surface area contributed by atoms with Crippen LogP contribution >= 0.6 is 0 Å². The Morgan fingerprint density at radius 3 is 2.26 bits per heavy atom. The molecule has 0 spiro atoms. The number of anilines is 1. The van der Waals surface area contributed by atoms with Crippen LogP contribution in [0, 0.1) is 0 Å². The number of benzene rings is 3. The second-order valence-electron chi connectivity index (χ2n) is 7.19. The van der Waals surface area contributed by atoms with Crippen LogP contribution in [0.15, 0.2) is 90.8 Å². The molecule has 0 aliphatic carbocycles. The van der Waals surface area contributed by atoms with Gasteiger partial charge in [0.15, 0.2) is 0 Å². The van der Waals surface area contributed by atoms with Gasteiger partial charge in [-0.25, -0.2) is 0 Å². The van der Waals surface area contributed by atoms with Crippen LogP contribution < -0.4 is 15.4 Å². The summed E-state index contributed by atoms with van der Waals surface area (Å²) in [6.45, 7) is 0. The molecule has 0 radical (unpaired) electrons. The van der Waals surface area contributed by atoms with Gasteiger partial charge in [0.1, 0.15) is 11.4 Å². The molecule has 4 rings (SSSR count). The summed E-state index contributed by atoms with van der Waals surface area (Å²) < 4.78 is 40.9. The van der Waals surface area contributed by atoms with Gasteiger partial charge < -0.3 is 20.4 Å². The molecule has 1 heterocycles. The lowest BCUT2D eigenvalue weighted by Crippen LogP contribution is -2.30. The van der Waals surface area contributed by atoms with Crippen LogP contribution in [0.25, 0.3) is 17.0 Å². The monoisotopic (exact) mass is 465 g/mol. The summed E-state index contributed by atoms with van der Waals surface area (Å²) in [7, 11) is 0. The number of halogens is 3. The normalized spacial score (nSPS) is 11.8. The van der Waals surface area contributed by atoms with E-state index in [0.717, 1.165) is 23.0 Å². The molecule has 0 aliphatic heterocycles. The van der Waals surface area contributed by atoms with Crippen LogP contribution in [-0.2, 0) is 4.79 Å². The summed E-state index contributed by atoms with van der Waals surface area (Å²) in [4.78, 5) is 28.9. The molecular formula is C25H18F3N3O3. The molecule has 4 aromatic rings. The number of nitrogens with one attached hydrogen (secondary N) is 3. The van der Waals surface area contributed by atoms with Crippen LogP contribution in [0.5, 0.6) is 5.75 Å². The number of hydrogen-bond acceptors (Lipinski definition) is 3. The second-order valence-corrected chi connectivity index (χ2v) is 7.19. The molecule has 0 saturated carbocycles. The highest BCUT2D eigenvalue weighted by Gasteiger charge is 2.31. The van der Waals surface area contributed by atoms with Gasteiger partial charge in [-0.3, -0.25) is 9.59 Å². The minimum absolute atomic E-state index is 0.0470. The molecule has 34 heavy (non-hydrogen) atoms. The van der Waals surface area contributed by atoms with Gasteiger partial charge in [0.2, 0.25) is 0 Å². The first kappa shape index (κ1) is 22.7. The van der Waals surface area contributed by atoms with Crippen molar-refractivity contribution in [1.82, 2.24) is 10.3 Å². The summed E-state index contributed by atoms with van der Waals surface area (Å²) in [5, 5.41) is 6.04. The standard InChI is InChI=1S/C25H18F3N3O3/c26-25(27,28)34-19-12-10-18(11-13-19)30-24(33)22(31-23(32)16-6-2-1-3-7-16)14-17-15-29-21-9-5-4-8-20(17)21/h1-15,29H,(H,30,33)(H,31,32). The Morgan fingerprint density at radius 2 is 1.56 bits per heavy atom. The number of aromatic amines is 1. The molecule has 172 valence electrons. The second kappa shape index (κ2) is 9.53. The Hall–Kier alpha value is -4.53. The van der Waals surface area contributed by atoms with Crippen LogP contribution in [0.4, 0.5) is 18.9 Å². The number of alkyl halides is 3. The van der Waals surface area contributed by atoms with E-state index in [1.165, 1.54) is 18.2 Å². The molecule has 0 unspecified atom stereocenters. The Bertz CT molecular complexity index is 1340. The number of para-hydroxylation sites is 1. The zero-order valence-corrected chi connectivity index (χ0v) is 17.5. The number of carbonyl (C=O) groups is 2. The topological polar surface area (TPSA) is 83.2 Å². The smallest absolute Gasteiger partial charge is 0.406 e. The molecule has 2 amide bonds. The molecule has 9 heteroatoms. The van der Waals surface area contributed by atoms with E-state index in [9.17, 15) is 22.8 Å². The summed E-state index contributed by atoms with van der Waals surface area (Å²) in [6, 6.07) is 20.5. The maximum Gasteiger partial charge on any atom is 0.573 e. The van der Waals surface area contributed by atoms with E-state index < -0.39 is 23.9 Å². The minimum Gasteiger partial charge on any atom is -0.406 e. The Kier molecular flexibility index (Phi) is 6.35. The lowest BCUT2D eigenvalue weighted by molar-refractivity contribution is -0.274. The zero-order valence-electron chi connectivity index (χ0n) is 17.5. The van der Waals surface area contributed by atoms with Gasteiger partial charge in [0.05, 0.1) is 0 Å². The first-order valence-electron chi connectivity index (χ1n) is 10.1. The van der Waals surface area contributed by atoms with Gasteiger partial charge in [0, 0.05) is 33.9 Å². The number of rotatable bonds is 6. The highest BCUT2D eigenvalue weighted by atomic mass is 19.4. The van der Waals surface area contributed by atoms with Gasteiger partial charge in [-0.1, -0.05) is 36.4 Å². The number of hydrogen-bond donors (Lipinski definition) is 3. The highest BCUT2D eigenvalue weighted by molar-refractivity contribution is 6.11. The van der Waals surface area contributed by atoms with E-state index in [0.29, 0.717) is 11.1 Å². The van der Waals surface area contributed by atoms with E-state index in [1.54, 1.807) is 36.5 Å². The van der Waals surface area contributed by atoms with Crippen molar-refractivity contribution in [2.75, 3.05) is 5.32 Å². The molecule has 1 aromatic heterocycles. The van der Waals surface area contributed by atoms with E-state index in [1.807, 2.05) is 24.3 Å². The predicted octanol–water partition coefficient (Wildman–Crippen LogP) is 5.48. The van der Waals surface area contributed by atoms with Crippen molar-refractivity contribution in [3.63, 3.8) is 0 Å². The average Bonchev–Trinajstić information content (AvgIpc) is 3.22. The van der Waals surface area contributed by atoms with Crippen LogP contribution in [0.3, 0.4) is 0 Å². The van der Waals surface area contributed by atoms with Crippen molar-refractivity contribution in [2.24, 2.45) is 0 Å². The van der Waals surface area contributed by atoms with Gasteiger partial charge in [-0.05, 0) is 48.5 Å². The number of aromatic nitrogens is 1. The SMILES string of the molecule is O=C(Nc1ccc(OC(F)(F)F)cc1)C(=Cc1c[nH]c2ccccc12)NC(=O)c1ccccc1. The number of H-pyrrole nitrogens is 1. The predicted molar refractivity (Wildman–Crippen MR) is 122 cm³/mol. The van der Waals surface area contributed by atoms with E-state index in [-0.39, 0.29) is 11.4 Å². The van der Waals surface area contributed by atoms with Gasteiger partial charge in [0.25, 0.3) is 11.8 Å². The van der Waals surface area contributed by atoms with Crippen molar-refractivity contribution in [1.29, 1.82) is 0 Å². The maximum absolute atomic E-state index is 13.0. The molecular weight excluding hydrogens is 447 g/mol. The summed E-state index contributed by atoms with van der Waals surface area (Å²) in [6.07, 6.45) is -1.59. The molecule has 6 nitrogen and oxygen atoms in total. The molecule has 0 atom stereocenters. The molecule has 0 aliphatic rings. The molecule has 3 aromatic carbocycles. The van der Waals surface area contributed by atoms with Crippen molar-refractivity contribution in [3.8, 4) is 5.75 Å². The Balaban J connectivity index is 1.60. The highest BCUT2D eigenvalue weighted by Crippen LogP contribution is 2.24. The van der Waals surface area contributed by atoms with Gasteiger partial charge >= 0.3 is 6.36 Å². The van der Waals surface area contributed by atoms with E-state index in [4.69, 9.17) is 0 Å². The van der Waals surface area contributed by atoms with Crippen LogP contribution in [0.1, 0.15) is 15.9 Å². The zero-order chi connectivity index (χ0) is 24.1. The van der Waals surface area contributed by atoms with Crippen molar-refractivity contribution in [3.05, 3.63) is 102 Å². The third kappa shape index (κ3) is 5.63. The average molecular weight is 465 g/mol. The summed E-state index contributed by atoms with van der Waals surface area (Å²) >= 11 is 0. The number of fused-ring (bicyclic) bond motifs is 1. The molecule has 0 saturated heterocycles. The fourth-order valence-electron chi connectivity index (χ4n) is 3.25. The molecule has 0 bridgehead atoms. The number of carbonyl (C=O) groups excluding carboxylic acids is 2. The molecule has 3 N–H and O–H groups in total. The lowest BCUT2D eigenvalue weighted by atomic mass is 10.1. The van der Waals surface area contributed by atoms with Crippen molar-refractivity contribution < 1.29 is 27.5 Å². The fourth-order valence-corrected chi connectivity index (χ4v) is 3.25. The van der Waals surface area contributed by atoms with Gasteiger partial charge in [-0.15, -0.1) is 13.2 Å². The van der Waals surface area contributed by atoms with Crippen molar-refractivity contribution in [2.45, 2.75) is 6.36 Å². The quantitative estimate of drug-likeness (QED) is 0.330. The van der Waals surface area contributed by atoms with Crippen LogP contribution in [-0.4, -0.2) is 23.2 Å². The van der Waals surface area contributed by atoms with Crippen molar-refractivity contribution >= 4 is 34.5 Å². The third-order valence-electron chi connectivity index (χ3n) is 4.80. The maximum atomic E-state index is 13.0. The summed E-state index contributed by atoms with van der Waals surface area (Å²) in [5.41, 5.74) is 2.05. The largest absolute Gasteiger partial charge is 0.573 e.